The zero-order valence-electron chi connectivity index (χ0n) is 6.73. The van der Waals surface area contributed by atoms with Crippen LogP contribution >= 0.6 is 11.3 Å². The number of aryl methyl sites for hydroxylation is 1. The molecule has 66 valence electrons. The summed E-state index contributed by atoms with van der Waals surface area (Å²) in [5, 5.41) is 20.7. The van der Waals surface area contributed by atoms with Crippen LogP contribution in [0.3, 0.4) is 0 Å². The molecule has 0 amide bonds. The second-order valence-electron chi connectivity index (χ2n) is 3.24. The van der Waals surface area contributed by atoms with Gasteiger partial charge in [0.1, 0.15) is 0 Å². The maximum absolute atomic E-state index is 9.76. The van der Waals surface area contributed by atoms with E-state index in [0.29, 0.717) is 0 Å². The lowest BCUT2D eigenvalue weighted by Gasteiger charge is -2.25. The number of fused-ring (bicyclic) bond motifs is 1. The molecule has 0 bridgehead atoms. The smallest absolute Gasteiger partial charge is 0.0934 e. The fraction of sp³-hybridized carbons (Fsp3) is 0.556. The standard InChI is InChI=1S/C9H12O2S/c10-5-7-2-1-6-3-4-12-9(6)8(7)11/h3-4,7-8,10-11H,1-2,5H2. The van der Waals surface area contributed by atoms with Gasteiger partial charge in [0.2, 0.25) is 0 Å². The predicted molar refractivity (Wildman–Crippen MR) is 48.2 cm³/mol. The van der Waals surface area contributed by atoms with Crippen molar-refractivity contribution in [2.24, 2.45) is 5.92 Å². The van der Waals surface area contributed by atoms with Crippen molar-refractivity contribution in [1.29, 1.82) is 0 Å². The van der Waals surface area contributed by atoms with Crippen LogP contribution in [0.4, 0.5) is 0 Å². The average Bonchev–Trinajstić information content (AvgIpc) is 2.53. The summed E-state index contributed by atoms with van der Waals surface area (Å²) in [7, 11) is 0. The monoisotopic (exact) mass is 184 g/mol. The Morgan fingerprint density at radius 3 is 3.17 bits per heavy atom. The molecule has 2 nitrogen and oxygen atoms in total. The highest BCUT2D eigenvalue weighted by atomic mass is 32.1. The van der Waals surface area contributed by atoms with Gasteiger partial charge in [0.05, 0.1) is 6.10 Å². The fourth-order valence-corrected chi connectivity index (χ4v) is 2.75. The molecular formula is C9H12O2S. The number of rotatable bonds is 1. The Morgan fingerprint density at radius 2 is 2.42 bits per heavy atom. The van der Waals surface area contributed by atoms with Gasteiger partial charge in [-0.05, 0) is 29.9 Å². The van der Waals surface area contributed by atoms with E-state index in [1.807, 2.05) is 5.38 Å². The molecular weight excluding hydrogens is 172 g/mol. The van der Waals surface area contributed by atoms with Crippen LogP contribution in [0.25, 0.3) is 0 Å². The van der Waals surface area contributed by atoms with Crippen LogP contribution in [0.15, 0.2) is 11.4 Å². The number of hydrogen-bond acceptors (Lipinski definition) is 3. The van der Waals surface area contributed by atoms with E-state index in [1.54, 1.807) is 11.3 Å². The van der Waals surface area contributed by atoms with Crippen molar-refractivity contribution >= 4 is 11.3 Å². The molecule has 2 atom stereocenters. The Bertz CT molecular complexity index is 269. The number of thiophene rings is 1. The highest BCUT2D eigenvalue weighted by Gasteiger charge is 2.27. The van der Waals surface area contributed by atoms with Crippen molar-refractivity contribution in [3.8, 4) is 0 Å². The van der Waals surface area contributed by atoms with Gasteiger partial charge < -0.3 is 10.2 Å². The molecule has 1 aliphatic rings. The van der Waals surface area contributed by atoms with Gasteiger partial charge in [0.25, 0.3) is 0 Å². The summed E-state index contributed by atoms with van der Waals surface area (Å²) < 4.78 is 0. The summed E-state index contributed by atoms with van der Waals surface area (Å²) in [5.74, 6) is 0.0520. The first-order valence-electron chi connectivity index (χ1n) is 4.18. The molecule has 0 aromatic carbocycles. The first-order chi connectivity index (χ1) is 5.83. The third-order valence-electron chi connectivity index (χ3n) is 2.51. The van der Waals surface area contributed by atoms with Gasteiger partial charge in [0, 0.05) is 17.4 Å². The molecule has 2 unspecified atom stereocenters. The lowest BCUT2D eigenvalue weighted by Crippen LogP contribution is -2.21. The third-order valence-corrected chi connectivity index (χ3v) is 3.54. The molecule has 0 saturated carbocycles. The first kappa shape index (κ1) is 8.23. The highest BCUT2D eigenvalue weighted by molar-refractivity contribution is 7.10. The Labute approximate surface area is 75.5 Å². The Morgan fingerprint density at radius 1 is 1.58 bits per heavy atom. The number of aliphatic hydroxyl groups excluding tert-OH is 2. The maximum Gasteiger partial charge on any atom is 0.0934 e. The van der Waals surface area contributed by atoms with Crippen LogP contribution in [0.2, 0.25) is 0 Å². The van der Waals surface area contributed by atoms with Crippen molar-refractivity contribution in [2.45, 2.75) is 18.9 Å². The van der Waals surface area contributed by atoms with Crippen LogP contribution < -0.4 is 0 Å². The summed E-state index contributed by atoms with van der Waals surface area (Å²) in [6.07, 6.45) is 1.47. The minimum Gasteiger partial charge on any atom is -0.396 e. The largest absolute Gasteiger partial charge is 0.396 e. The zero-order valence-corrected chi connectivity index (χ0v) is 7.55. The van der Waals surface area contributed by atoms with Gasteiger partial charge in [-0.3, -0.25) is 0 Å². The molecule has 0 aliphatic heterocycles. The van der Waals surface area contributed by atoms with Crippen molar-refractivity contribution in [1.82, 2.24) is 0 Å². The van der Waals surface area contributed by atoms with Crippen LogP contribution in [0.5, 0.6) is 0 Å². The first-order valence-corrected chi connectivity index (χ1v) is 5.06. The van der Waals surface area contributed by atoms with Crippen LogP contribution in [0.1, 0.15) is 23.0 Å². The Hall–Kier alpha value is -0.380. The van der Waals surface area contributed by atoms with E-state index in [9.17, 15) is 5.11 Å². The third kappa shape index (κ3) is 1.18. The molecule has 2 N–H and O–H groups in total. The van der Waals surface area contributed by atoms with Gasteiger partial charge in [0.15, 0.2) is 0 Å². The number of aliphatic hydroxyl groups is 2. The highest BCUT2D eigenvalue weighted by Crippen LogP contribution is 2.37. The predicted octanol–water partition coefficient (Wildman–Crippen LogP) is 1.34. The topological polar surface area (TPSA) is 40.5 Å². The fourth-order valence-electron chi connectivity index (χ4n) is 1.72. The van der Waals surface area contributed by atoms with Crippen molar-refractivity contribution in [2.75, 3.05) is 6.61 Å². The van der Waals surface area contributed by atoms with Gasteiger partial charge in [-0.1, -0.05) is 0 Å². The van der Waals surface area contributed by atoms with Crippen molar-refractivity contribution < 1.29 is 10.2 Å². The summed E-state index contributed by atoms with van der Waals surface area (Å²) >= 11 is 1.59. The second-order valence-corrected chi connectivity index (χ2v) is 4.18. The SMILES string of the molecule is OCC1CCc2ccsc2C1O. The van der Waals surface area contributed by atoms with Crippen molar-refractivity contribution in [3.05, 3.63) is 21.9 Å². The molecule has 1 aromatic rings. The molecule has 0 radical (unpaired) electrons. The maximum atomic E-state index is 9.76. The van der Waals surface area contributed by atoms with Crippen LogP contribution in [-0.2, 0) is 6.42 Å². The minimum atomic E-state index is -0.432. The van der Waals surface area contributed by atoms with Gasteiger partial charge >= 0.3 is 0 Å². The molecule has 12 heavy (non-hydrogen) atoms. The molecule has 0 saturated heterocycles. The summed E-state index contributed by atoms with van der Waals surface area (Å²) in [6, 6.07) is 2.07. The van der Waals surface area contributed by atoms with E-state index in [1.165, 1.54) is 5.56 Å². The quantitative estimate of drug-likeness (QED) is 0.691. The van der Waals surface area contributed by atoms with E-state index < -0.39 is 6.10 Å². The van der Waals surface area contributed by atoms with Crippen LogP contribution in [0, 0.1) is 5.92 Å². The van der Waals surface area contributed by atoms with Crippen molar-refractivity contribution in [3.63, 3.8) is 0 Å². The summed E-state index contributed by atoms with van der Waals surface area (Å²) in [6.45, 7) is 0.0957. The Kier molecular flexibility index (Phi) is 2.17. The molecule has 1 aromatic heterocycles. The molecule has 0 spiro atoms. The molecule has 0 fully saturated rings. The average molecular weight is 184 g/mol. The van der Waals surface area contributed by atoms with E-state index in [4.69, 9.17) is 5.11 Å². The van der Waals surface area contributed by atoms with E-state index in [-0.39, 0.29) is 12.5 Å². The van der Waals surface area contributed by atoms with Gasteiger partial charge in [-0.25, -0.2) is 0 Å². The lowest BCUT2D eigenvalue weighted by molar-refractivity contribution is 0.0573. The van der Waals surface area contributed by atoms with Gasteiger partial charge in [-0.15, -0.1) is 11.3 Å². The summed E-state index contributed by atoms with van der Waals surface area (Å²) in [5.41, 5.74) is 1.26. The molecule has 3 heteroatoms. The number of hydrogen-bond donors (Lipinski definition) is 2. The van der Waals surface area contributed by atoms with E-state index >= 15 is 0 Å². The second kappa shape index (κ2) is 3.17. The van der Waals surface area contributed by atoms with E-state index in [2.05, 4.69) is 6.07 Å². The normalized spacial score (nSPS) is 28.5. The molecule has 1 heterocycles. The van der Waals surface area contributed by atoms with E-state index in [0.717, 1.165) is 17.7 Å². The lowest BCUT2D eigenvalue weighted by atomic mass is 9.87. The zero-order chi connectivity index (χ0) is 8.55. The molecule has 1 aliphatic carbocycles. The molecule has 2 rings (SSSR count). The minimum absolute atomic E-state index is 0.0520. The van der Waals surface area contributed by atoms with Crippen LogP contribution in [-0.4, -0.2) is 16.8 Å². The Balaban J connectivity index is 2.29. The summed E-state index contributed by atoms with van der Waals surface area (Å²) in [4.78, 5) is 1.06. The van der Waals surface area contributed by atoms with Gasteiger partial charge in [-0.2, -0.15) is 0 Å².